The summed E-state index contributed by atoms with van der Waals surface area (Å²) in [6.45, 7) is 9.60. The number of benzene rings is 3. The van der Waals surface area contributed by atoms with Gasteiger partial charge in [0.15, 0.2) is 17.2 Å². The van der Waals surface area contributed by atoms with Gasteiger partial charge in [-0.25, -0.2) is 9.74 Å². The van der Waals surface area contributed by atoms with E-state index >= 15 is 0 Å². The summed E-state index contributed by atoms with van der Waals surface area (Å²) in [5.41, 5.74) is -1.33. The second kappa shape index (κ2) is 7.93. The molecule has 0 aliphatic carbocycles. The number of anilines is 1. The van der Waals surface area contributed by atoms with Crippen LogP contribution in [0.15, 0.2) is 54.6 Å². The molecular weight excluding hydrogens is 488 g/mol. The predicted molar refractivity (Wildman–Crippen MR) is 135 cm³/mol. The van der Waals surface area contributed by atoms with Gasteiger partial charge in [-0.05, 0) is 35.9 Å². The van der Waals surface area contributed by atoms with Crippen molar-refractivity contribution in [2.75, 3.05) is 18.3 Å². The lowest BCUT2D eigenvalue weighted by molar-refractivity contribution is -0.134. The van der Waals surface area contributed by atoms with Gasteiger partial charge in [0, 0.05) is 18.9 Å². The van der Waals surface area contributed by atoms with Gasteiger partial charge >= 0.3 is 0 Å². The predicted octanol–water partition coefficient (Wildman–Crippen LogP) is 3.99. The lowest BCUT2D eigenvalue weighted by Crippen LogP contribution is -2.49. The quantitative estimate of drug-likeness (QED) is 0.408. The molecule has 3 aromatic rings. The van der Waals surface area contributed by atoms with Crippen molar-refractivity contribution in [3.8, 4) is 17.2 Å². The molecule has 3 saturated heterocycles. The van der Waals surface area contributed by atoms with Crippen molar-refractivity contribution in [3.05, 3.63) is 66.0 Å². The Morgan fingerprint density at radius 2 is 1.82 bits per heavy atom. The molecule has 9 nitrogen and oxygen atoms in total. The molecule has 1 N–H and O–H groups in total. The van der Waals surface area contributed by atoms with E-state index in [0.717, 1.165) is 0 Å². The molecule has 9 heteroatoms. The minimum absolute atomic E-state index is 0.164. The molecule has 5 atom stereocenters. The topological polar surface area (TPSA) is 98.9 Å². The van der Waals surface area contributed by atoms with Gasteiger partial charge in [-0.3, -0.25) is 9.59 Å². The first-order valence-electron chi connectivity index (χ1n) is 12.5. The van der Waals surface area contributed by atoms with Gasteiger partial charge in [0.1, 0.15) is 11.4 Å². The van der Waals surface area contributed by atoms with Crippen LogP contribution in [0.1, 0.15) is 19.8 Å². The average Bonchev–Trinajstić information content (AvgIpc) is 3.62. The molecule has 0 aromatic heterocycles. The van der Waals surface area contributed by atoms with Gasteiger partial charge in [-0.2, -0.15) is 0 Å². The molecule has 4 aliphatic rings. The van der Waals surface area contributed by atoms with Gasteiger partial charge in [-0.15, -0.1) is 0 Å². The maximum Gasteiger partial charge on any atom is 0.240 e. The molecule has 3 aromatic carbocycles. The van der Waals surface area contributed by atoms with E-state index in [-0.39, 0.29) is 31.6 Å². The van der Waals surface area contributed by atoms with Crippen LogP contribution in [0.5, 0.6) is 17.2 Å². The second-order valence-electron chi connectivity index (χ2n) is 10.4. The Labute approximate surface area is 218 Å². The highest BCUT2D eigenvalue weighted by Gasteiger charge is 2.77. The first-order chi connectivity index (χ1) is 18.4. The van der Waals surface area contributed by atoms with Crippen molar-refractivity contribution in [1.29, 1.82) is 0 Å². The fourth-order valence-corrected chi connectivity index (χ4v) is 6.73. The van der Waals surface area contributed by atoms with Gasteiger partial charge < -0.3 is 24.1 Å². The maximum atomic E-state index is 14.0. The smallest absolute Gasteiger partial charge is 0.240 e. The van der Waals surface area contributed by atoms with Gasteiger partial charge in [0.25, 0.3) is 0 Å². The largest absolute Gasteiger partial charge is 0.493 e. The van der Waals surface area contributed by atoms with Gasteiger partial charge in [0.2, 0.25) is 18.6 Å². The Morgan fingerprint density at radius 3 is 2.63 bits per heavy atom. The number of rotatable bonds is 5. The number of carbonyl (C=O) groups excluding carboxylic acids is 2. The number of ether oxygens (including phenoxy) is 4. The maximum absolute atomic E-state index is 14.0. The zero-order valence-corrected chi connectivity index (χ0v) is 20.5. The molecule has 3 fully saturated rings. The summed E-state index contributed by atoms with van der Waals surface area (Å²) in [6, 6.07) is 15.9. The van der Waals surface area contributed by atoms with Crippen LogP contribution in [-0.4, -0.2) is 47.6 Å². The molecule has 2 unspecified atom stereocenters. The Kier molecular flexibility index (Phi) is 4.81. The Morgan fingerprint density at radius 1 is 1.05 bits per heavy atom. The summed E-state index contributed by atoms with van der Waals surface area (Å²) < 4.78 is 23.1. The third-order valence-corrected chi connectivity index (χ3v) is 8.49. The van der Waals surface area contributed by atoms with Crippen LogP contribution < -0.4 is 19.1 Å². The summed E-state index contributed by atoms with van der Waals surface area (Å²) in [6.07, 6.45) is -0.342. The van der Waals surface area contributed by atoms with Crippen molar-refractivity contribution in [1.82, 2.24) is 0 Å². The normalized spacial score (nSPS) is 30.7. The fourth-order valence-electron chi connectivity index (χ4n) is 6.73. The van der Waals surface area contributed by atoms with Crippen LogP contribution in [0, 0.1) is 18.4 Å². The van der Waals surface area contributed by atoms with Crippen LogP contribution in [0.2, 0.25) is 0 Å². The summed E-state index contributed by atoms with van der Waals surface area (Å²) in [7, 11) is 0. The van der Waals surface area contributed by atoms with E-state index in [0.29, 0.717) is 45.8 Å². The molecule has 0 radical (unpaired) electrons. The SMILES string of the molecule is [C-]#[N+]c1ccc(N2C(=O)[C@@H]3[C@H](C2=O)C2(C)OC3(CCOc3ccc4c(c3)OCO4)C[C@H]2O)c2ccccc12. The van der Waals surface area contributed by atoms with Crippen LogP contribution >= 0.6 is 0 Å². The van der Waals surface area contributed by atoms with Crippen molar-refractivity contribution < 1.29 is 33.6 Å². The fraction of sp³-hybridized carbons (Fsp3) is 0.345. The minimum Gasteiger partial charge on any atom is -0.493 e. The third kappa shape index (κ3) is 2.98. The van der Waals surface area contributed by atoms with Crippen molar-refractivity contribution in [3.63, 3.8) is 0 Å². The summed E-state index contributed by atoms with van der Waals surface area (Å²) in [5.74, 6) is -0.458. The molecule has 38 heavy (non-hydrogen) atoms. The number of carbonyl (C=O) groups is 2. The number of fused-ring (bicyclic) bond motifs is 7. The summed E-state index contributed by atoms with van der Waals surface area (Å²) in [4.78, 5) is 32.7. The first kappa shape index (κ1) is 23.0. The van der Waals surface area contributed by atoms with E-state index in [9.17, 15) is 14.7 Å². The van der Waals surface area contributed by atoms with Crippen LogP contribution in [0.4, 0.5) is 11.4 Å². The number of nitrogens with zero attached hydrogens (tertiary/aromatic N) is 2. The standard InChI is InChI=1S/C29H24N2O7/c1-28-23(32)14-29(38-28,11-12-35-16-7-10-21-22(13-16)37-15-36-21)25-24(28)26(33)31(27(25)34)20-9-8-19(30-2)17-5-3-4-6-18(17)20/h3-10,13,23-25,32H,11-12,14-15H2,1H3/t23-,24-,25+,28?,29?/m1/s1. The Balaban J connectivity index is 1.21. The minimum atomic E-state index is -1.18. The molecule has 0 spiro atoms. The number of imide groups is 1. The highest BCUT2D eigenvalue weighted by atomic mass is 16.7. The number of aliphatic hydroxyl groups excluding tert-OH is 1. The van der Waals surface area contributed by atoms with E-state index in [2.05, 4.69) is 4.85 Å². The van der Waals surface area contributed by atoms with E-state index in [1.807, 2.05) is 24.3 Å². The molecule has 192 valence electrons. The van der Waals surface area contributed by atoms with Gasteiger partial charge in [-0.1, -0.05) is 30.3 Å². The molecule has 4 aliphatic heterocycles. The van der Waals surface area contributed by atoms with E-state index in [1.165, 1.54) is 4.90 Å². The molecule has 4 heterocycles. The zero-order chi connectivity index (χ0) is 26.2. The van der Waals surface area contributed by atoms with Crippen molar-refractivity contribution in [2.24, 2.45) is 11.8 Å². The second-order valence-corrected chi connectivity index (χ2v) is 10.4. The van der Waals surface area contributed by atoms with Crippen LogP contribution in [0.3, 0.4) is 0 Å². The number of hydrogen-bond donors (Lipinski definition) is 1. The van der Waals surface area contributed by atoms with E-state index in [4.69, 9.17) is 25.5 Å². The number of amides is 2. The Hall–Kier alpha value is -4.13. The molecular formula is C29H24N2O7. The summed E-state index contributed by atoms with van der Waals surface area (Å²) >= 11 is 0. The number of aliphatic hydroxyl groups is 1. The third-order valence-electron chi connectivity index (χ3n) is 8.49. The lowest BCUT2D eigenvalue weighted by Gasteiger charge is -2.33. The molecule has 2 amide bonds. The Bertz CT molecular complexity index is 1560. The lowest BCUT2D eigenvalue weighted by atomic mass is 9.66. The highest BCUT2D eigenvalue weighted by molar-refractivity contribution is 6.26. The van der Waals surface area contributed by atoms with E-state index in [1.54, 1.807) is 37.3 Å². The van der Waals surface area contributed by atoms with E-state index < -0.39 is 29.1 Å². The van der Waals surface area contributed by atoms with Crippen molar-refractivity contribution in [2.45, 2.75) is 37.1 Å². The molecule has 2 bridgehead atoms. The molecule has 7 rings (SSSR count). The first-order valence-corrected chi connectivity index (χ1v) is 12.5. The highest BCUT2D eigenvalue weighted by Crippen LogP contribution is 2.62. The summed E-state index contributed by atoms with van der Waals surface area (Å²) in [5, 5.41) is 12.3. The molecule has 0 saturated carbocycles. The average molecular weight is 513 g/mol. The van der Waals surface area contributed by atoms with Crippen LogP contribution in [0.25, 0.3) is 15.6 Å². The van der Waals surface area contributed by atoms with Crippen LogP contribution in [-0.2, 0) is 14.3 Å². The van der Waals surface area contributed by atoms with Gasteiger partial charge in [0.05, 0.1) is 42.4 Å². The van der Waals surface area contributed by atoms with Crippen molar-refractivity contribution >= 4 is 34.0 Å². The zero-order valence-electron chi connectivity index (χ0n) is 20.5. The monoisotopic (exact) mass is 512 g/mol. The number of hydrogen-bond acceptors (Lipinski definition) is 7.